The molecule has 108 valence electrons. The van der Waals surface area contributed by atoms with Crippen LogP contribution in [0.2, 0.25) is 0 Å². The van der Waals surface area contributed by atoms with Crippen LogP contribution in [0.15, 0.2) is 0 Å². The minimum absolute atomic E-state index is 0.00263. The van der Waals surface area contributed by atoms with Crippen molar-refractivity contribution in [3.05, 3.63) is 0 Å². The average Bonchev–Trinajstić information content (AvgIpc) is 2.56. The number of rotatable bonds is 1. The van der Waals surface area contributed by atoms with Gasteiger partial charge < -0.3 is 10.2 Å². The number of hydrogen-bond donors (Lipinski definition) is 1. The van der Waals surface area contributed by atoms with Gasteiger partial charge in [-0.25, -0.2) is 0 Å². The van der Waals surface area contributed by atoms with E-state index in [1.807, 2.05) is 4.90 Å². The second-order valence-electron chi connectivity index (χ2n) is 6.36. The van der Waals surface area contributed by atoms with E-state index < -0.39 is 0 Å². The summed E-state index contributed by atoms with van der Waals surface area (Å²) in [7, 11) is 2.09. The Kier molecular flexibility index (Phi) is 4.13. The summed E-state index contributed by atoms with van der Waals surface area (Å²) in [6.45, 7) is 6.68. The van der Waals surface area contributed by atoms with Crippen LogP contribution in [-0.4, -0.2) is 59.9 Å². The van der Waals surface area contributed by atoms with Gasteiger partial charge in [0.05, 0.1) is 0 Å². The Morgan fingerprint density at radius 3 is 2.74 bits per heavy atom. The minimum Gasteiger partial charge on any atom is -0.344 e. The summed E-state index contributed by atoms with van der Waals surface area (Å²) in [5, 5.41) is 2.87. The minimum atomic E-state index is -0.311. The second-order valence-corrected chi connectivity index (χ2v) is 6.36. The van der Waals surface area contributed by atoms with E-state index in [0.29, 0.717) is 6.42 Å². The zero-order valence-corrected chi connectivity index (χ0v) is 12.2. The lowest BCUT2D eigenvalue weighted by Crippen LogP contribution is -2.61. The van der Waals surface area contributed by atoms with E-state index in [1.165, 1.54) is 0 Å². The van der Waals surface area contributed by atoms with Crippen molar-refractivity contribution in [2.24, 2.45) is 0 Å². The summed E-state index contributed by atoms with van der Waals surface area (Å²) >= 11 is 0. The quantitative estimate of drug-likeness (QED) is 0.757. The van der Waals surface area contributed by atoms with E-state index in [-0.39, 0.29) is 23.4 Å². The van der Waals surface area contributed by atoms with E-state index in [4.69, 9.17) is 0 Å². The molecule has 0 spiro atoms. The largest absolute Gasteiger partial charge is 0.344 e. The van der Waals surface area contributed by atoms with Crippen molar-refractivity contribution in [1.29, 1.82) is 0 Å². The highest BCUT2D eigenvalue weighted by atomic mass is 16.2. The SMILES string of the molecule is CN1CCN(C(=O)[C@@H]2CCCCC(=O)N2)CC1(C)C. The predicted octanol–water partition coefficient (Wildman–Crippen LogP) is 0.598. The van der Waals surface area contributed by atoms with E-state index in [1.54, 1.807) is 0 Å². The molecule has 0 unspecified atom stereocenters. The molecule has 5 heteroatoms. The van der Waals surface area contributed by atoms with Crippen molar-refractivity contribution >= 4 is 11.8 Å². The van der Waals surface area contributed by atoms with Crippen molar-refractivity contribution in [3.8, 4) is 0 Å². The van der Waals surface area contributed by atoms with E-state index >= 15 is 0 Å². The van der Waals surface area contributed by atoms with Crippen LogP contribution in [0.3, 0.4) is 0 Å². The Labute approximate surface area is 115 Å². The third-order valence-electron chi connectivity index (χ3n) is 4.41. The third-order valence-corrected chi connectivity index (χ3v) is 4.41. The molecular weight excluding hydrogens is 242 g/mol. The predicted molar refractivity (Wildman–Crippen MR) is 73.7 cm³/mol. The van der Waals surface area contributed by atoms with Crippen molar-refractivity contribution in [2.75, 3.05) is 26.7 Å². The van der Waals surface area contributed by atoms with Gasteiger partial charge in [0.25, 0.3) is 0 Å². The molecule has 0 radical (unpaired) electrons. The number of hydrogen-bond acceptors (Lipinski definition) is 3. The molecule has 2 amide bonds. The maximum Gasteiger partial charge on any atom is 0.245 e. The van der Waals surface area contributed by atoms with E-state index in [0.717, 1.165) is 38.9 Å². The zero-order valence-electron chi connectivity index (χ0n) is 12.2. The first-order valence-corrected chi connectivity index (χ1v) is 7.19. The summed E-state index contributed by atoms with van der Waals surface area (Å²) in [6.07, 6.45) is 3.17. The van der Waals surface area contributed by atoms with Crippen LogP contribution in [0.5, 0.6) is 0 Å². The number of amides is 2. The second kappa shape index (κ2) is 5.49. The Hall–Kier alpha value is -1.10. The van der Waals surface area contributed by atoms with Gasteiger partial charge in [0.1, 0.15) is 6.04 Å². The molecular formula is C14H25N3O2. The van der Waals surface area contributed by atoms with Gasteiger partial charge in [-0.15, -0.1) is 0 Å². The molecule has 5 nitrogen and oxygen atoms in total. The van der Waals surface area contributed by atoms with Crippen LogP contribution in [0.25, 0.3) is 0 Å². The molecule has 0 aromatic carbocycles. The fraction of sp³-hybridized carbons (Fsp3) is 0.857. The first-order valence-electron chi connectivity index (χ1n) is 7.19. The molecule has 0 aromatic rings. The topological polar surface area (TPSA) is 52.7 Å². The molecule has 0 aromatic heterocycles. The van der Waals surface area contributed by atoms with Crippen molar-refractivity contribution in [1.82, 2.24) is 15.1 Å². The fourth-order valence-corrected chi connectivity index (χ4v) is 2.81. The van der Waals surface area contributed by atoms with Crippen molar-refractivity contribution < 1.29 is 9.59 Å². The lowest BCUT2D eigenvalue weighted by Gasteiger charge is -2.46. The molecule has 0 aliphatic carbocycles. The van der Waals surface area contributed by atoms with Crippen LogP contribution in [0, 0.1) is 0 Å². The van der Waals surface area contributed by atoms with Gasteiger partial charge in [-0.2, -0.15) is 0 Å². The Bertz CT molecular complexity index is 368. The highest BCUT2D eigenvalue weighted by Crippen LogP contribution is 2.20. The van der Waals surface area contributed by atoms with Gasteiger partial charge in [0.2, 0.25) is 11.8 Å². The first-order chi connectivity index (χ1) is 8.90. The van der Waals surface area contributed by atoms with Crippen molar-refractivity contribution in [2.45, 2.75) is 51.1 Å². The smallest absolute Gasteiger partial charge is 0.245 e. The summed E-state index contributed by atoms with van der Waals surface area (Å²) in [5.74, 6) is 0.112. The standard InChI is InChI=1S/C14H25N3O2/c1-14(2)10-17(9-8-16(14)3)13(19)11-6-4-5-7-12(18)15-11/h11H,4-10H2,1-3H3,(H,15,18)/t11-/m0/s1. The molecule has 2 saturated heterocycles. The van der Waals surface area contributed by atoms with Crippen LogP contribution >= 0.6 is 0 Å². The highest BCUT2D eigenvalue weighted by molar-refractivity contribution is 5.88. The maximum atomic E-state index is 12.5. The van der Waals surface area contributed by atoms with Gasteiger partial charge in [-0.3, -0.25) is 14.5 Å². The Balaban J connectivity index is 2.01. The number of carbonyl (C=O) groups is 2. The van der Waals surface area contributed by atoms with Crippen LogP contribution in [0.1, 0.15) is 39.5 Å². The van der Waals surface area contributed by atoms with Gasteiger partial charge in [-0.05, 0) is 33.7 Å². The maximum absolute atomic E-state index is 12.5. The molecule has 2 aliphatic rings. The van der Waals surface area contributed by atoms with Gasteiger partial charge in [-0.1, -0.05) is 6.42 Å². The van der Waals surface area contributed by atoms with Crippen LogP contribution in [0.4, 0.5) is 0 Å². The molecule has 2 rings (SSSR count). The lowest BCUT2D eigenvalue weighted by atomic mass is 9.98. The summed E-state index contributed by atoms with van der Waals surface area (Å²) < 4.78 is 0. The highest BCUT2D eigenvalue weighted by Gasteiger charge is 2.36. The molecule has 0 bridgehead atoms. The molecule has 0 saturated carbocycles. The monoisotopic (exact) mass is 267 g/mol. The summed E-state index contributed by atoms with van der Waals surface area (Å²) in [4.78, 5) is 28.3. The lowest BCUT2D eigenvalue weighted by molar-refractivity contribution is -0.140. The first kappa shape index (κ1) is 14.3. The summed E-state index contributed by atoms with van der Waals surface area (Å²) in [6, 6.07) is -0.311. The summed E-state index contributed by atoms with van der Waals surface area (Å²) in [5.41, 5.74) is 0.00263. The molecule has 1 atom stereocenters. The number of carbonyl (C=O) groups excluding carboxylic acids is 2. The third kappa shape index (κ3) is 3.26. The molecule has 19 heavy (non-hydrogen) atoms. The van der Waals surface area contributed by atoms with Crippen LogP contribution < -0.4 is 5.32 Å². The van der Waals surface area contributed by atoms with Crippen LogP contribution in [-0.2, 0) is 9.59 Å². The molecule has 2 aliphatic heterocycles. The van der Waals surface area contributed by atoms with Gasteiger partial charge >= 0.3 is 0 Å². The Morgan fingerprint density at radius 2 is 2.05 bits per heavy atom. The van der Waals surface area contributed by atoms with Crippen molar-refractivity contribution in [3.63, 3.8) is 0 Å². The zero-order chi connectivity index (χ0) is 14.0. The van der Waals surface area contributed by atoms with E-state index in [9.17, 15) is 9.59 Å². The fourth-order valence-electron chi connectivity index (χ4n) is 2.81. The van der Waals surface area contributed by atoms with Gasteiger partial charge in [0, 0.05) is 31.6 Å². The van der Waals surface area contributed by atoms with Gasteiger partial charge in [0.15, 0.2) is 0 Å². The molecule has 1 N–H and O–H groups in total. The normalized spacial score (nSPS) is 28.7. The number of nitrogens with one attached hydrogen (secondary N) is 1. The number of nitrogens with zero attached hydrogens (tertiary/aromatic N) is 2. The number of likely N-dealkylation sites (N-methyl/N-ethyl adjacent to an activating group) is 1. The van der Waals surface area contributed by atoms with E-state index in [2.05, 4.69) is 31.1 Å². The average molecular weight is 267 g/mol. The molecule has 2 fully saturated rings. The number of piperazine rings is 1. The Morgan fingerprint density at radius 1 is 1.32 bits per heavy atom. The molecule has 2 heterocycles.